The molecular formula is C18H18N4O. The molecule has 0 saturated carbocycles. The van der Waals surface area contributed by atoms with Crippen molar-refractivity contribution < 1.29 is 4.79 Å². The number of hydrogen-bond donors (Lipinski definition) is 1. The first-order valence-electron chi connectivity index (χ1n) is 7.47. The lowest BCUT2D eigenvalue weighted by molar-refractivity contribution is -0.115. The van der Waals surface area contributed by atoms with Crippen LogP contribution in [-0.2, 0) is 17.8 Å². The van der Waals surface area contributed by atoms with Gasteiger partial charge in [0.1, 0.15) is 0 Å². The largest absolute Gasteiger partial charge is 0.326 e. The molecule has 0 unspecified atom stereocenters. The van der Waals surface area contributed by atoms with Gasteiger partial charge in [-0.25, -0.2) is 0 Å². The monoisotopic (exact) mass is 306 g/mol. The van der Waals surface area contributed by atoms with Crippen molar-refractivity contribution in [2.24, 2.45) is 0 Å². The van der Waals surface area contributed by atoms with Crippen LogP contribution in [0.2, 0.25) is 0 Å². The fourth-order valence-electron chi connectivity index (χ4n) is 2.27. The summed E-state index contributed by atoms with van der Waals surface area (Å²) in [4.78, 5) is 16.3. The minimum atomic E-state index is -0.0459. The van der Waals surface area contributed by atoms with Crippen molar-refractivity contribution in [3.63, 3.8) is 0 Å². The maximum Gasteiger partial charge on any atom is 0.228 e. The van der Waals surface area contributed by atoms with Crippen molar-refractivity contribution in [2.45, 2.75) is 19.9 Å². The standard InChI is InChI=1S/C18H18N4O/c1-14-3-4-16(12-19-14)11-18(23)21-17-7-5-15(6-8-17)13-22-10-2-9-20-22/h2-10,12H,11,13H2,1H3,(H,21,23). The summed E-state index contributed by atoms with van der Waals surface area (Å²) in [5, 5.41) is 7.08. The average Bonchev–Trinajstić information content (AvgIpc) is 3.04. The average molecular weight is 306 g/mol. The van der Waals surface area contributed by atoms with Crippen molar-refractivity contribution >= 4 is 11.6 Å². The van der Waals surface area contributed by atoms with E-state index in [1.807, 2.05) is 60.3 Å². The lowest BCUT2D eigenvalue weighted by atomic mass is 10.1. The SMILES string of the molecule is Cc1ccc(CC(=O)Nc2ccc(Cn3cccn3)cc2)cn1. The Morgan fingerprint density at radius 1 is 1.13 bits per heavy atom. The van der Waals surface area contributed by atoms with Gasteiger partial charge in [0.15, 0.2) is 0 Å². The van der Waals surface area contributed by atoms with Crippen LogP contribution in [0.5, 0.6) is 0 Å². The molecule has 5 nitrogen and oxygen atoms in total. The van der Waals surface area contributed by atoms with Crippen LogP contribution in [0.25, 0.3) is 0 Å². The normalized spacial score (nSPS) is 10.5. The van der Waals surface area contributed by atoms with Gasteiger partial charge in [0.25, 0.3) is 0 Å². The van der Waals surface area contributed by atoms with E-state index in [0.29, 0.717) is 6.42 Å². The van der Waals surface area contributed by atoms with Crippen molar-refractivity contribution in [1.82, 2.24) is 14.8 Å². The minimum absolute atomic E-state index is 0.0459. The maximum absolute atomic E-state index is 12.1. The van der Waals surface area contributed by atoms with Crippen molar-refractivity contribution in [1.29, 1.82) is 0 Å². The van der Waals surface area contributed by atoms with Crippen LogP contribution in [0.3, 0.4) is 0 Å². The molecule has 0 fully saturated rings. The van der Waals surface area contributed by atoms with E-state index < -0.39 is 0 Å². The number of carbonyl (C=O) groups is 1. The van der Waals surface area contributed by atoms with E-state index in [9.17, 15) is 4.79 Å². The summed E-state index contributed by atoms with van der Waals surface area (Å²) in [5.74, 6) is -0.0459. The van der Waals surface area contributed by atoms with Crippen LogP contribution in [0.1, 0.15) is 16.8 Å². The molecule has 0 aliphatic rings. The Morgan fingerprint density at radius 3 is 2.57 bits per heavy atom. The number of nitrogens with one attached hydrogen (secondary N) is 1. The number of hydrogen-bond acceptors (Lipinski definition) is 3. The predicted octanol–water partition coefficient (Wildman–Crippen LogP) is 2.82. The van der Waals surface area contributed by atoms with Gasteiger partial charge < -0.3 is 5.32 Å². The lowest BCUT2D eigenvalue weighted by Crippen LogP contribution is -2.14. The van der Waals surface area contributed by atoms with Gasteiger partial charge in [0.2, 0.25) is 5.91 Å². The van der Waals surface area contributed by atoms with Crippen LogP contribution >= 0.6 is 0 Å². The molecule has 3 rings (SSSR count). The maximum atomic E-state index is 12.1. The highest BCUT2D eigenvalue weighted by Gasteiger charge is 2.05. The summed E-state index contributed by atoms with van der Waals surface area (Å²) in [7, 11) is 0. The topological polar surface area (TPSA) is 59.8 Å². The van der Waals surface area contributed by atoms with Crippen molar-refractivity contribution in [3.05, 3.63) is 77.9 Å². The molecule has 5 heteroatoms. The van der Waals surface area contributed by atoms with Crippen LogP contribution in [-0.4, -0.2) is 20.7 Å². The lowest BCUT2D eigenvalue weighted by Gasteiger charge is -2.07. The summed E-state index contributed by atoms with van der Waals surface area (Å²) in [6.45, 7) is 2.64. The molecule has 2 aromatic heterocycles. The number of rotatable bonds is 5. The Kier molecular flexibility index (Phi) is 4.47. The number of pyridine rings is 1. The summed E-state index contributed by atoms with van der Waals surface area (Å²) >= 11 is 0. The Bertz CT molecular complexity index is 762. The summed E-state index contributed by atoms with van der Waals surface area (Å²) in [5.41, 5.74) is 3.78. The van der Waals surface area contributed by atoms with Crippen LogP contribution in [0.15, 0.2) is 61.1 Å². The summed E-state index contributed by atoms with van der Waals surface area (Å²) in [6.07, 6.45) is 5.74. The van der Waals surface area contributed by atoms with Gasteiger partial charge in [-0.3, -0.25) is 14.5 Å². The first kappa shape index (κ1) is 15.0. The van der Waals surface area contributed by atoms with E-state index in [1.165, 1.54) is 0 Å². The Morgan fingerprint density at radius 2 is 1.91 bits per heavy atom. The Hall–Kier alpha value is -2.95. The van der Waals surface area contributed by atoms with Gasteiger partial charge in [-0.05, 0) is 42.3 Å². The zero-order chi connectivity index (χ0) is 16.1. The fourth-order valence-corrected chi connectivity index (χ4v) is 2.27. The highest BCUT2D eigenvalue weighted by molar-refractivity contribution is 5.92. The molecule has 0 aliphatic carbocycles. The Balaban J connectivity index is 1.57. The third kappa shape index (κ3) is 4.26. The third-order valence-corrected chi connectivity index (χ3v) is 3.48. The number of amides is 1. The van der Waals surface area contributed by atoms with Crippen LogP contribution in [0, 0.1) is 6.92 Å². The molecule has 2 heterocycles. The van der Waals surface area contributed by atoms with Gasteiger partial charge in [0, 0.05) is 30.0 Å². The molecule has 1 aromatic carbocycles. The molecule has 0 radical (unpaired) electrons. The molecule has 0 spiro atoms. The van der Waals surface area contributed by atoms with Crippen LogP contribution in [0.4, 0.5) is 5.69 Å². The van der Waals surface area contributed by atoms with Gasteiger partial charge in [0.05, 0.1) is 13.0 Å². The van der Waals surface area contributed by atoms with Crippen LogP contribution < -0.4 is 5.32 Å². The van der Waals surface area contributed by atoms with E-state index >= 15 is 0 Å². The molecule has 1 N–H and O–H groups in total. The minimum Gasteiger partial charge on any atom is -0.326 e. The van der Waals surface area contributed by atoms with Gasteiger partial charge >= 0.3 is 0 Å². The number of aryl methyl sites for hydroxylation is 1. The fraction of sp³-hybridized carbons (Fsp3) is 0.167. The number of benzene rings is 1. The third-order valence-electron chi connectivity index (χ3n) is 3.48. The second-order valence-electron chi connectivity index (χ2n) is 5.43. The predicted molar refractivity (Wildman–Crippen MR) is 89.1 cm³/mol. The van der Waals surface area contributed by atoms with Gasteiger partial charge in [-0.2, -0.15) is 5.10 Å². The molecule has 116 valence electrons. The smallest absolute Gasteiger partial charge is 0.228 e. The molecule has 0 bridgehead atoms. The van der Waals surface area contributed by atoms with Crippen molar-refractivity contribution in [2.75, 3.05) is 5.32 Å². The molecule has 23 heavy (non-hydrogen) atoms. The first-order chi connectivity index (χ1) is 11.2. The highest BCUT2D eigenvalue weighted by Crippen LogP contribution is 2.11. The number of anilines is 1. The van der Waals surface area contributed by atoms with Gasteiger partial charge in [-0.1, -0.05) is 18.2 Å². The zero-order valence-electron chi connectivity index (χ0n) is 12.9. The molecule has 3 aromatic rings. The van der Waals surface area contributed by atoms with E-state index in [-0.39, 0.29) is 5.91 Å². The number of nitrogens with zero attached hydrogens (tertiary/aromatic N) is 3. The Labute approximate surface area is 135 Å². The summed E-state index contributed by atoms with van der Waals surface area (Å²) in [6, 6.07) is 13.5. The van der Waals surface area contributed by atoms with E-state index in [4.69, 9.17) is 0 Å². The molecular weight excluding hydrogens is 288 g/mol. The molecule has 0 aliphatic heterocycles. The molecule has 1 amide bonds. The van der Waals surface area contributed by atoms with E-state index in [1.54, 1.807) is 12.4 Å². The zero-order valence-corrected chi connectivity index (χ0v) is 12.9. The quantitative estimate of drug-likeness (QED) is 0.788. The van der Waals surface area contributed by atoms with Gasteiger partial charge in [-0.15, -0.1) is 0 Å². The highest BCUT2D eigenvalue weighted by atomic mass is 16.1. The van der Waals surface area contributed by atoms with E-state index in [2.05, 4.69) is 15.4 Å². The second kappa shape index (κ2) is 6.87. The first-order valence-corrected chi connectivity index (χ1v) is 7.47. The summed E-state index contributed by atoms with van der Waals surface area (Å²) < 4.78 is 1.86. The second-order valence-corrected chi connectivity index (χ2v) is 5.43. The number of aromatic nitrogens is 3. The van der Waals surface area contributed by atoms with Crippen molar-refractivity contribution in [3.8, 4) is 0 Å². The molecule has 0 atom stereocenters. The molecule has 0 saturated heterocycles. The van der Waals surface area contributed by atoms with E-state index in [0.717, 1.165) is 29.1 Å². The number of carbonyl (C=O) groups excluding carboxylic acids is 1.